The maximum atomic E-state index is 4.47. The lowest BCUT2D eigenvalue weighted by molar-refractivity contribution is 0.289. The van der Waals surface area contributed by atoms with Gasteiger partial charge in [0.2, 0.25) is 0 Å². The molecule has 16 heavy (non-hydrogen) atoms. The van der Waals surface area contributed by atoms with Crippen LogP contribution in [0, 0.1) is 13.8 Å². The third-order valence-electron chi connectivity index (χ3n) is 3.65. The van der Waals surface area contributed by atoms with Gasteiger partial charge in [0.05, 0.1) is 10.7 Å². The number of aryl methyl sites for hydroxylation is 2. The van der Waals surface area contributed by atoms with Gasteiger partial charge in [-0.1, -0.05) is 20.8 Å². The zero-order chi connectivity index (χ0) is 12.2. The highest BCUT2D eigenvalue weighted by atomic mass is 32.1. The predicted molar refractivity (Wildman–Crippen MR) is 72.0 cm³/mol. The highest BCUT2D eigenvalue weighted by Crippen LogP contribution is 2.22. The number of hydrogen-bond acceptors (Lipinski definition) is 3. The van der Waals surface area contributed by atoms with Gasteiger partial charge in [0, 0.05) is 17.0 Å². The van der Waals surface area contributed by atoms with Crippen LogP contribution in [0.2, 0.25) is 0 Å². The Morgan fingerprint density at radius 1 is 1.12 bits per heavy atom. The highest BCUT2D eigenvalue weighted by Gasteiger charge is 2.23. The fourth-order valence-electron chi connectivity index (χ4n) is 2.13. The molecule has 0 aromatic carbocycles. The van der Waals surface area contributed by atoms with Crippen molar-refractivity contribution in [3.8, 4) is 0 Å². The first-order chi connectivity index (χ1) is 7.56. The van der Waals surface area contributed by atoms with Crippen LogP contribution in [0.15, 0.2) is 0 Å². The third kappa shape index (κ3) is 3.05. The lowest BCUT2D eigenvalue weighted by Gasteiger charge is -2.31. The minimum atomic E-state index is 0.310. The summed E-state index contributed by atoms with van der Waals surface area (Å²) in [5, 5.41) is 4.89. The van der Waals surface area contributed by atoms with Crippen LogP contribution in [0.3, 0.4) is 0 Å². The average molecular weight is 240 g/mol. The van der Waals surface area contributed by atoms with E-state index in [0.717, 1.165) is 6.54 Å². The summed E-state index contributed by atoms with van der Waals surface area (Å²) in [5.41, 5.74) is 1.50. The highest BCUT2D eigenvalue weighted by molar-refractivity contribution is 7.11. The summed E-state index contributed by atoms with van der Waals surface area (Å²) in [7, 11) is 0. The van der Waals surface area contributed by atoms with Crippen molar-refractivity contribution in [2.75, 3.05) is 0 Å². The zero-order valence-electron chi connectivity index (χ0n) is 11.2. The lowest BCUT2D eigenvalue weighted by atomic mass is 9.90. The average Bonchev–Trinajstić information content (AvgIpc) is 2.60. The Morgan fingerprint density at radius 2 is 1.69 bits per heavy atom. The van der Waals surface area contributed by atoms with E-state index in [0.29, 0.717) is 5.54 Å². The van der Waals surface area contributed by atoms with Crippen molar-refractivity contribution in [3.63, 3.8) is 0 Å². The molecule has 0 aliphatic rings. The summed E-state index contributed by atoms with van der Waals surface area (Å²) in [6.45, 7) is 12.0. The Morgan fingerprint density at radius 3 is 2.06 bits per heavy atom. The van der Waals surface area contributed by atoms with Gasteiger partial charge in [-0.25, -0.2) is 4.98 Å². The molecule has 0 unspecified atom stereocenters. The van der Waals surface area contributed by atoms with Gasteiger partial charge in [-0.2, -0.15) is 0 Å². The predicted octanol–water partition coefficient (Wildman–Crippen LogP) is 3.82. The maximum absolute atomic E-state index is 4.47. The second-order valence-corrected chi connectivity index (χ2v) is 5.72. The van der Waals surface area contributed by atoms with Crippen molar-refractivity contribution in [3.05, 3.63) is 15.6 Å². The molecule has 1 N–H and O–H groups in total. The number of nitrogens with one attached hydrogen (secondary N) is 1. The number of hydrogen-bond donors (Lipinski definition) is 1. The topological polar surface area (TPSA) is 24.9 Å². The molecule has 92 valence electrons. The van der Waals surface area contributed by atoms with E-state index in [4.69, 9.17) is 0 Å². The Balaban J connectivity index is 2.65. The molecule has 0 aliphatic carbocycles. The van der Waals surface area contributed by atoms with Gasteiger partial charge in [-0.15, -0.1) is 11.3 Å². The molecule has 0 aliphatic heterocycles. The van der Waals surface area contributed by atoms with Crippen molar-refractivity contribution in [2.45, 2.75) is 66.0 Å². The SMILES string of the molecule is CCC(CC)(CC)NCc1sc(C)nc1C. The van der Waals surface area contributed by atoms with E-state index >= 15 is 0 Å². The lowest BCUT2D eigenvalue weighted by Crippen LogP contribution is -2.43. The Labute approximate surface area is 103 Å². The number of rotatable bonds is 6. The summed E-state index contributed by atoms with van der Waals surface area (Å²) < 4.78 is 0. The molecular weight excluding hydrogens is 216 g/mol. The molecule has 0 radical (unpaired) electrons. The molecule has 0 atom stereocenters. The molecule has 0 fully saturated rings. The first kappa shape index (κ1) is 13.7. The van der Waals surface area contributed by atoms with E-state index in [1.54, 1.807) is 0 Å². The molecule has 1 rings (SSSR count). The van der Waals surface area contributed by atoms with Crippen molar-refractivity contribution in [2.24, 2.45) is 0 Å². The van der Waals surface area contributed by atoms with Gasteiger partial charge in [0.25, 0.3) is 0 Å². The smallest absolute Gasteiger partial charge is 0.0900 e. The molecule has 1 aromatic heterocycles. The van der Waals surface area contributed by atoms with Crippen molar-refractivity contribution < 1.29 is 0 Å². The van der Waals surface area contributed by atoms with E-state index in [1.165, 1.54) is 34.8 Å². The summed E-state index contributed by atoms with van der Waals surface area (Å²) in [6.07, 6.45) is 3.57. The van der Waals surface area contributed by atoms with E-state index in [2.05, 4.69) is 44.9 Å². The van der Waals surface area contributed by atoms with Crippen LogP contribution in [-0.2, 0) is 6.54 Å². The molecule has 0 spiro atoms. The van der Waals surface area contributed by atoms with Crippen molar-refractivity contribution in [1.82, 2.24) is 10.3 Å². The van der Waals surface area contributed by atoms with Gasteiger partial charge in [-0.05, 0) is 33.1 Å². The van der Waals surface area contributed by atoms with E-state index in [-0.39, 0.29) is 0 Å². The van der Waals surface area contributed by atoms with Gasteiger partial charge in [0.1, 0.15) is 0 Å². The molecule has 3 heteroatoms. The third-order valence-corrected chi connectivity index (χ3v) is 4.73. The first-order valence-electron chi connectivity index (χ1n) is 6.24. The van der Waals surface area contributed by atoms with Gasteiger partial charge in [-0.3, -0.25) is 0 Å². The van der Waals surface area contributed by atoms with E-state index < -0.39 is 0 Å². The van der Waals surface area contributed by atoms with E-state index in [9.17, 15) is 0 Å². The molecule has 1 heterocycles. The number of aromatic nitrogens is 1. The minimum absolute atomic E-state index is 0.310. The fourth-order valence-corrected chi connectivity index (χ4v) is 3.01. The van der Waals surface area contributed by atoms with Gasteiger partial charge >= 0.3 is 0 Å². The first-order valence-corrected chi connectivity index (χ1v) is 7.06. The van der Waals surface area contributed by atoms with Gasteiger partial charge in [0.15, 0.2) is 0 Å². The summed E-state index contributed by atoms with van der Waals surface area (Å²) in [6, 6.07) is 0. The quantitative estimate of drug-likeness (QED) is 0.817. The van der Waals surface area contributed by atoms with Crippen LogP contribution in [0.25, 0.3) is 0 Å². The fraction of sp³-hybridized carbons (Fsp3) is 0.769. The van der Waals surface area contributed by atoms with Crippen LogP contribution in [-0.4, -0.2) is 10.5 Å². The second-order valence-electron chi connectivity index (χ2n) is 4.44. The molecular formula is C13H24N2S. The zero-order valence-corrected chi connectivity index (χ0v) is 12.0. The van der Waals surface area contributed by atoms with Crippen molar-refractivity contribution >= 4 is 11.3 Å². The molecule has 0 amide bonds. The Bertz CT molecular complexity index is 318. The maximum Gasteiger partial charge on any atom is 0.0900 e. The largest absolute Gasteiger partial charge is 0.306 e. The van der Waals surface area contributed by atoms with Crippen LogP contribution < -0.4 is 5.32 Å². The van der Waals surface area contributed by atoms with Crippen LogP contribution in [0.5, 0.6) is 0 Å². The molecule has 1 aromatic rings. The molecule has 0 saturated carbocycles. The van der Waals surface area contributed by atoms with Crippen LogP contribution >= 0.6 is 11.3 Å². The second kappa shape index (κ2) is 5.78. The summed E-state index contributed by atoms with van der Waals surface area (Å²) in [4.78, 5) is 5.85. The molecule has 0 saturated heterocycles. The molecule has 0 bridgehead atoms. The number of thiazole rings is 1. The summed E-state index contributed by atoms with van der Waals surface area (Å²) in [5.74, 6) is 0. The van der Waals surface area contributed by atoms with E-state index in [1.807, 2.05) is 11.3 Å². The van der Waals surface area contributed by atoms with Crippen LogP contribution in [0.1, 0.15) is 55.6 Å². The standard InChI is InChI=1S/C13H24N2S/c1-6-13(7-2,8-3)14-9-12-10(4)15-11(5)16-12/h14H,6-9H2,1-5H3. The monoisotopic (exact) mass is 240 g/mol. The van der Waals surface area contributed by atoms with Crippen molar-refractivity contribution in [1.29, 1.82) is 0 Å². The molecule has 2 nitrogen and oxygen atoms in total. The Hall–Kier alpha value is -0.410. The van der Waals surface area contributed by atoms with Crippen LogP contribution in [0.4, 0.5) is 0 Å². The van der Waals surface area contributed by atoms with Gasteiger partial charge < -0.3 is 5.32 Å². The Kier molecular flexibility index (Phi) is 4.93. The number of nitrogens with zero attached hydrogens (tertiary/aromatic N) is 1. The normalized spacial score (nSPS) is 12.1. The minimum Gasteiger partial charge on any atom is -0.306 e. The summed E-state index contributed by atoms with van der Waals surface area (Å²) >= 11 is 1.81.